The fraction of sp³-hybridized carbons (Fsp3) is 0.500. The number of aromatic nitrogens is 1. The molecule has 0 amide bonds. The number of halogens is 2. The summed E-state index contributed by atoms with van der Waals surface area (Å²) in [6.07, 6.45) is 2.17. The predicted molar refractivity (Wildman–Crippen MR) is 64.0 cm³/mol. The molecule has 1 aliphatic rings. The van der Waals surface area contributed by atoms with E-state index in [0.29, 0.717) is 15.6 Å². The van der Waals surface area contributed by atoms with E-state index in [9.17, 15) is 0 Å². The van der Waals surface area contributed by atoms with Crippen molar-refractivity contribution in [2.24, 2.45) is 0 Å². The number of thioether (sulfide) groups is 1. The average molecular weight is 264 g/mol. The van der Waals surface area contributed by atoms with Gasteiger partial charge in [0, 0.05) is 23.4 Å². The highest BCUT2D eigenvalue weighted by molar-refractivity contribution is 8.00. The standard InChI is InChI=1S/C10H11Cl2NOS/c11-9-5-8(6-10(12)13-9)15-7-1-3-14-4-2-7/h5-7H,1-4H2. The lowest BCUT2D eigenvalue weighted by molar-refractivity contribution is 0.100. The molecule has 0 radical (unpaired) electrons. The number of ether oxygens (including phenoxy) is 1. The van der Waals surface area contributed by atoms with Crippen LogP contribution < -0.4 is 0 Å². The Bertz CT molecular complexity index is 322. The maximum absolute atomic E-state index is 5.83. The molecule has 0 aromatic carbocycles. The number of hydrogen-bond acceptors (Lipinski definition) is 3. The second-order valence-corrected chi connectivity index (χ2v) is 5.53. The highest BCUT2D eigenvalue weighted by Crippen LogP contribution is 2.31. The molecule has 1 aromatic rings. The third-order valence-corrected chi connectivity index (χ3v) is 3.91. The summed E-state index contributed by atoms with van der Waals surface area (Å²) in [6, 6.07) is 3.71. The van der Waals surface area contributed by atoms with Gasteiger partial charge >= 0.3 is 0 Å². The molecule has 82 valence electrons. The summed E-state index contributed by atoms with van der Waals surface area (Å²) < 4.78 is 5.31. The molecule has 2 nitrogen and oxygen atoms in total. The van der Waals surface area contributed by atoms with Crippen LogP contribution in [-0.2, 0) is 4.74 Å². The molecule has 2 rings (SSSR count). The van der Waals surface area contributed by atoms with Gasteiger partial charge in [-0.2, -0.15) is 0 Å². The minimum Gasteiger partial charge on any atom is -0.381 e. The van der Waals surface area contributed by atoms with Gasteiger partial charge in [0.25, 0.3) is 0 Å². The van der Waals surface area contributed by atoms with E-state index < -0.39 is 0 Å². The van der Waals surface area contributed by atoms with E-state index in [-0.39, 0.29) is 0 Å². The lowest BCUT2D eigenvalue weighted by Gasteiger charge is -2.21. The minimum atomic E-state index is 0.456. The van der Waals surface area contributed by atoms with Crippen LogP contribution in [0.5, 0.6) is 0 Å². The molecule has 0 aliphatic carbocycles. The molecular formula is C10H11Cl2NOS. The third kappa shape index (κ3) is 3.52. The van der Waals surface area contributed by atoms with Gasteiger partial charge in [-0.05, 0) is 25.0 Å². The van der Waals surface area contributed by atoms with Crippen molar-refractivity contribution in [1.29, 1.82) is 0 Å². The van der Waals surface area contributed by atoms with Gasteiger partial charge in [0.2, 0.25) is 0 Å². The molecule has 1 saturated heterocycles. The van der Waals surface area contributed by atoms with Crippen LogP contribution in [-0.4, -0.2) is 23.4 Å². The first-order valence-electron chi connectivity index (χ1n) is 4.81. The summed E-state index contributed by atoms with van der Waals surface area (Å²) in [5, 5.41) is 1.52. The lowest BCUT2D eigenvalue weighted by Crippen LogP contribution is -2.17. The molecule has 0 unspecified atom stereocenters. The first kappa shape index (κ1) is 11.5. The topological polar surface area (TPSA) is 22.1 Å². The van der Waals surface area contributed by atoms with Crippen molar-refractivity contribution in [3.8, 4) is 0 Å². The summed E-state index contributed by atoms with van der Waals surface area (Å²) in [5.41, 5.74) is 0. The van der Waals surface area contributed by atoms with Crippen LogP contribution in [0.15, 0.2) is 17.0 Å². The Kier molecular flexibility index (Phi) is 4.14. The first-order chi connectivity index (χ1) is 7.24. The lowest BCUT2D eigenvalue weighted by atomic mass is 10.2. The summed E-state index contributed by atoms with van der Waals surface area (Å²) in [7, 11) is 0. The largest absolute Gasteiger partial charge is 0.381 e. The Labute approximate surface area is 103 Å². The Balaban J connectivity index is 2.02. The maximum atomic E-state index is 5.83. The fourth-order valence-corrected chi connectivity index (χ4v) is 3.26. The first-order valence-corrected chi connectivity index (χ1v) is 6.45. The highest BCUT2D eigenvalue weighted by atomic mass is 35.5. The van der Waals surface area contributed by atoms with Crippen molar-refractivity contribution in [3.05, 3.63) is 22.4 Å². The molecule has 15 heavy (non-hydrogen) atoms. The van der Waals surface area contributed by atoms with E-state index in [4.69, 9.17) is 27.9 Å². The van der Waals surface area contributed by atoms with Crippen molar-refractivity contribution in [2.75, 3.05) is 13.2 Å². The molecule has 1 aromatic heterocycles. The summed E-state index contributed by atoms with van der Waals surface area (Å²) in [5.74, 6) is 0. The fourth-order valence-electron chi connectivity index (χ4n) is 1.50. The molecule has 1 fully saturated rings. The predicted octanol–water partition coefficient (Wildman–Crippen LogP) is 3.66. The third-order valence-electron chi connectivity index (χ3n) is 2.21. The van der Waals surface area contributed by atoms with Crippen molar-refractivity contribution < 1.29 is 4.74 Å². The van der Waals surface area contributed by atoms with Gasteiger partial charge in [-0.3, -0.25) is 0 Å². The van der Waals surface area contributed by atoms with Gasteiger partial charge in [-0.1, -0.05) is 23.2 Å². The monoisotopic (exact) mass is 263 g/mol. The molecule has 0 atom stereocenters. The molecule has 0 N–H and O–H groups in total. The number of hydrogen-bond donors (Lipinski definition) is 0. The maximum Gasteiger partial charge on any atom is 0.131 e. The Morgan fingerprint density at radius 2 is 1.80 bits per heavy atom. The van der Waals surface area contributed by atoms with E-state index in [2.05, 4.69) is 4.98 Å². The Hall–Kier alpha value is 0.0400. The van der Waals surface area contributed by atoms with Gasteiger partial charge in [-0.25, -0.2) is 4.98 Å². The van der Waals surface area contributed by atoms with Gasteiger partial charge in [0.1, 0.15) is 10.3 Å². The van der Waals surface area contributed by atoms with Crippen molar-refractivity contribution in [3.63, 3.8) is 0 Å². The highest BCUT2D eigenvalue weighted by Gasteiger charge is 2.15. The zero-order valence-corrected chi connectivity index (χ0v) is 10.4. The number of pyridine rings is 1. The van der Waals surface area contributed by atoms with Crippen LogP contribution in [0.3, 0.4) is 0 Å². The molecule has 0 saturated carbocycles. The normalized spacial score (nSPS) is 18.0. The molecule has 0 bridgehead atoms. The average Bonchev–Trinajstić information content (AvgIpc) is 2.17. The zero-order chi connectivity index (χ0) is 10.7. The summed E-state index contributed by atoms with van der Waals surface area (Å²) in [4.78, 5) is 5.01. The Morgan fingerprint density at radius 1 is 1.20 bits per heavy atom. The quantitative estimate of drug-likeness (QED) is 0.761. The van der Waals surface area contributed by atoms with Gasteiger partial charge in [0.05, 0.1) is 0 Å². The zero-order valence-electron chi connectivity index (χ0n) is 8.08. The summed E-state index contributed by atoms with van der Waals surface area (Å²) in [6.45, 7) is 1.70. The van der Waals surface area contributed by atoms with Crippen LogP contribution in [0.2, 0.25) is 10.3 Å². The molecule has 5 heteroatoms. The molecule has 0 spiro atoms. The van der Waals surface area contributed by atoms with E-state index in [1.165, 1.54) is 0 Å². The van der Waals surface area contributed by atoms with Gasteiger partial charge in [0.15, 0.2) is 0 Å². The van der Waals surface area contributed by atoms with E-state index in [1.54, 1.807) is 11.8 Å². The second kappa shape index (κ2) is 5.39. The SMILES string of the molecule is Clc1cc(SC2CCOCC2)cc(Cl)n1. The van der Waals surface area contributed by atoms with E-state index >= 15 is 0 Å². The van der Waals surface area contributed by atoms with Gasteiger partial charge < -0.3 is 4.74 Å². The number of nitrogens with zero attached hydrogens (tertiary/aromatic N) is 1. The van der Waals surface area contributed by atoms with Crippen LogP contribution in [0.4, 0.5) is 0 Å². The number of rotatable bonds is 2. The molecule has 2 heterocycles. The van der Waals surface area contributed by atoms with Crippen molar-refractivity contribution >= 4 is 35.0 Å². The van der Waals surface area contributed by atoms with Crippen molar-refractivity contribution in [2.45, 2.75) is 23.0 Å². The van der Waals surface area contributed by atoms with Crippen LogP contribution in [0, 0.1) is 0 Å². The second-order valence-electron chi connectivity index (χ2n) is 3.38. The Morgan fingerprint density at radius 3 is 2.40 bits per heavy atom. The van der Waals surface area contributed by atoms with Crippen LogP contribution >= 0.6 is 35.0 Å². The van der Waals surface area contributed by atoms with E-state index in [0.717, 1.165) is 31.0 Å². The minimum absolute atomic E-state index is 0.456. The van der Waals surface area contributed by atoms with Crippen LogP contribution in [0.25, 0.3) is 0 Å². The van der Waals surface area contributed by atoms with E-state index in [1.807, 2.05) is 12.1 Å². The van der Waals surface area contributed by atoms with Crippen LogP contribution in [0.1, 0.15) is 12.8 Å². The molecule has 1 aliphatic heterocycles. The smallest absolute Gasteiger partial charge is 0.131 e. The molecular weight excluding hydrogens is 253 g/mol. The van der Waals surface area contributed by atoms with Crippen molar-refractivity contribution in [1.82, 2.24) is 4.98 Å². The van der Waals surface area contributed by atoms with Gasteiger partial charge in [-0.15, -0.1) is 11.8 Å². The summed E-state index contributed by atoms with van der Waals surface area (Å²) >= 11 is 13.5.